The van der Waals surface area contributed by atoms with Crippen molar-refractivity contribution >= 4 is 16.9 Å². The molecule has 0 fully saturated rings. The quantitative estimate of drug-likeness (QED) is 0.596. The summed E-state index contributed by atoms with van der Waals surface area (Å²) in [7, 11) is 0. The highest BCUT2D eigenvalue weighted by Crippen LogP contribution is 2.20. The summed E-state index contributed by atoms with van der Waals surface area (Å²) in [6.07, 6.45) is 6.46. The molecule has 4 aromatic rings. The fourth-order valence-corrected chi connectivity index (χ4v) is 2.93. The van der Waals surface area contributed by atoms with Crippen LogP contribution in [0.3, 0.4) is 0 Å². The van der Waals surface area contributed by atoms with E-state index in [1.807, 2.05) is 77.6 Å². The maximum atomic E-state index is 12.3. The van der Waals surface area contributed by atoms with Gasteiger partial charge in [0.15, 0.2) is 0 Å². The third kappa shape index (κ3) is 3.19. The topological polar surface area (TPSA) is 47.2 Å². The van der Waals surface area contributed by atoms with Crippen molar-refractivity contribution in [3.63, 3.8) is 0 Å². The Morgan fingerprint density at radius 3 is 2.52 bits per heavy atom. The van der Waals surface area contributed by atoms with E-state index in [9.17, 15) is 4.79 Å². The standard InChI is InChI=1S/C21H18N2O2/c24-21(16-7-9-18(10-8-16)23-13-3-4-14-23)22-12-11-17-15-25-20-6-2-1-5-19(17)20/h1-10,13-15H,11-12H2,(H,22,24). The SMILES string of the molecule is O=C(NCCc1coc2ccccc12)c1ccc(-n2cccc2)cc1. The molecule has 2 aromatic carbocycles. The predicted molar refractivity (Wildman–Crippen MR) is 98.0 cm³/mol. The van der Waals surface area contributed by atoms with Crippen LogP contribution >= 0.6 is 0 Å². The van der Waals surface area contributed by atoms with Crippen molar-refractivity contribution in [2.75, 3.05) is 6.54 Å². The van der Waals surface area contributed by atoms with Crippen LogP contribution in [-0.4, -0.2) is 17.0 Å². The molecule has 124 valence electrons. The molecule has 0 saturated heterocycles. The molecular weight excluding hydrogens is 312 g/mol. The van der Waals surface area contributed by atoms with Crippen LogP contribution in [0.5, 0.6) is 0 Å². The summed E-state index contributed by atoms with van der Waals surface area (Å²) in [5.74, 6) is -0.0631. The molecule has 0 aliphatic heterocycles. The monoisotopic (exact) mass is 330 g/mol. The zero-order chi connectivity index (χ0) is 17.1. The number of rotatable bonds is 5. The van der Waals surface area contributed by atoms with E-state index >= 15 is 0 Å². The van der Waals surface area contributed by atoms with Crippen molar-refractivity contribution in [1.29, 1.82) is 0 Å². The second-order valence-corrected chi connectivity index (χ2v) is 5.90. The fraction of sp³-hybridized carbons (Fsp3) is 0.0952. The van der Waals surface area contributed by atoms with Crippen LogP contribution in [0.1, 0.15) is 15.9 Å². The number of carbonyl (C=O) groups is 1. The second-order valence-electron chi connectivity index (χ2n) is 5.90. The third-order valence-electron chi connectivity index (χ3n) is 4.27. The first-order valence-corrected chi connectivity index (χ1v) is 8.28. The van der Waals surface area contributed by atoms with Crippen LogP contribution in [0.15, 0.2) is 83.7 Å². The van der Waals surface area contributed by atoms with Gasteiger partial charge in [0.25, 0.3) is 5.91 Å². The predicted octanol–water partition coefficient (Wildman–Crippen LogP) is 4.20. The van der Waals surface area contributed by atoms with Crippen LogP contribution in [-0.2, 0) is 6.42 Å². The number of carbonyl (C=O) groups excluding carboxylic acids is 1. The number of furan rings is 1. The summed E-state index contributed by atoms with van der Waals surface area (Å²) in [5, 5.41) is 4.07. The van der Waals surface area contributed by atoms with E-state index in [2.05, 4.69) is 5.32 Å². The van der Waals surface area contributed by atoms with Gasteiger partial charge in [-0.2, -0.15) is 0 Å². The summed E-state index contributed by atoms with van der Waals surface area (Å²) in [6, 6.07) is 19.5. The van der Waals surface area contributed by atoms with Gasteiger partial charge in [-0.25, -0.2) is 0 Å². The largest absolute Gasteiger partial charge is 0.464 e. The number of amides is 1. The van der Waals surface area contributed by atoms with Crippen molar-refractivity contribution in [3.8, 4) is 5.69 Å². The summed E-state index contributed by atoms with van der Waals surface area (Å²) in [6.45, 7) is 0.571. The molecule has 0 aliphatic carbocycles. The minimum Gasteiger partial charge on any atom is -0.464 e. The maximum Gasteiger partial charge on any atom is 0.251 e. The molecule has 1 amide bonds. The molecule has 4 heteroatoms. The lowest BCUT2D eigenvalue weighted by Gasteiger charge is -2.07. The molecule has 0 unspecified atom stereocenters. The normalized spacial score (nSPS) is 10.9. The Hall–Kier alpha value is -3.27. The first-order chi connectivity index (χ1) is 12.3. The van der Waals surface area contributed by atoms with Crippen LogP contribution in [0, 0.1) is 0 Å². The molecule has 0 bridgehead atoms. The van der Waals surface area contributed by atoms with Gasteiger partial charge in [-0.05, 0) is 54.4 Å². The highest BCUT2D eigenvalue weighted by molar-refractivity contribution is 5.94. The molecule has 0 atom stereocenters. The summed E-state index contributed by atoms with van der Waals surface area (Å²) in [4.78, 5) is 12.3. The van der Waals surface area contributed by atoms with Gasteiger partial charge in [0.05, 0.1) is 6.26 Å². The molecule has 2 heterocycles. The van der Waals surface area contributed by atoms with E-state index in [-0.39, 0.29) is 5.91 Å². The molecule has 4 rings (SSSR count). The average Bonchev–Trinajstić information content (AvgIpc) is 3.32. The molecule has 25 heavy (non-hydrogen) atoms. The van der Waals surface area contributed by atoms with Gasteiger partial charge in [0.2, 0.25) is 0 Å². The van der Waals surface area contributed by atoms with Crippen molar-refractivity contribution in [1.82, 2.24) is 9.88 Å². The fourth-order valence-electron chi connectivity index (χ4n) is 2.93. The second kappa shape index (κ2) is 6.69. The van der Waals surface area contributed by atoms with Gasteiger partial charge >= 0.3 is 0 Å². The molecule has 0 radical (unpaired) electrons. The highest BCUT2D eigenvalue weighted by Gasteiger charge is 2.08. The van der Waals surface area contributed by atoms with Gasteiger partial charge in [0.1, 0.15) is 5.58 Å². The zero-order valence-electron chi connectivity index (χ0n) is 13.7. The molecule has 1 N–H and O–H groups in total. The average molecular weight is 330 g/mol. The van der Waals surface area contributed by atoms with Gasteiger partial charge in [-0.1, -0.05) is 18.2 Å². The molecule has 0 spiro atoms. The van der Waals surface area contributed by atoms with E-state index in [1.165, 1.54) is 0 Å². The third-order valence-corrected chi connectivity index (χ3v) is 4.27. The first-order valence-electron chi connectivity index (χ1n) is 8.28. The van der Waals surface area contributed by atoms with E-state index in [1.54, 1.807) is 6.26 Å². The van der Waals surface area contributed by atoms with Gasteiger partial charge in [-0.3, -0.25) is 4.79 Å². The van der Waals surface area contributed by atoms with Crippen molar-refractivity contribution in [2.24, 2.45) is 0 Å². The van der Waals surface area contributed by atoms with Crippen LogP contribution in [0.25, 0.3) is 16.7 Å². The number of benzene rings is 2. The Kier molecular flexibility index (Phi) is 4.09. The summed E-state index contributed by atoms with van der Waals surface area (Å²) >= 11 is 0. The molecule has 2 aromatic heterocycles. The van der Waals surface area contributed by atoms with Crippen molar-refractivity contribution in [3.05, 3.63) is 90.4 Å². The molecule has 0 saturated carbocycles. The highest BCUT2D eigenvalue weighted by atomic mass is 16.3. The minimum absolute atomic E-state index is 0.0631. The number of hydrogen-bond acceptors (Lipinski definition) is 2. The number of hydrogen-bond donors (Lipinski definition) is 1. The Morgan fingerprint density at radius 1 is 0.960 bits per heavy atom. The summed E-state index contributed by atoms with van der Waals surface area (Å²) in [5.41, 5.74) is 3.68. The van der Waals surface area contributed by atoms with Crippen molar-refractivity contribution in [2.45, 2.75) is 6.42 Å². The first kappa shape index (κ1) is 15.3. The van der Waals surface area contributed by atoms with Gasteiger partial charge in [0, 0.05) is 35.6 Å². The van der Waals surface area contributed by atoms with E-state index in [4.69, 9.17) is 4.42 Å². The van der Waals surface area contributed by atoms with Crippen LogP contribution in [0.2, 0.25) is 0 Å². The van der Waals surface area contributed by atoms with E-state index in [0.29, 0.717) is 12.1 Å². The van der Waals surface area contributed by atoms with E-state index in [0.717, 1.165) is 28.6 Å². The number of nitrogens with zero attached hydrogens (tertiary/aromatic N) is 1. The van der Waals surface area contributed by atoms with Gasteiger partial charge in [-0.15, -0.1) is 0 Å². The smallest absolute Gasteiger partial charge is 0.251 e. The lowest BCUT2D eigenvalue weighted by molar-refractivity contribution is 0.0954. The number of para-hydroxylation sites is 1. The Labute approximate surface area is 145 Å². The number of nitrogens with one attached hydrogen (secondary N) is 1. The Balaban J connectivity index is 1.37. The van der Waals surface area contributed by atoms with Crippen LogP contribution in [0.4, 0.5) is 0 Å². The maximum absolute atomic E-state index is 12.3. The number of fused-ring (bicyclic) bond motifs is 1. The van der Waals surface area contributed by atoms with Crippen molar-refractivity contribution < 1.29 is 9.21 Å². The lowest BCUT2D eigenvalue weighted by Crippen LogP contribution is -2.25. The van der Waals surface area contributed by atoms with E-state index < -0.39 is 0 Å². The molecular formula is C21H18N2O2. The lowest BCUT2D eigenvalue weighted by atomic mass is 10.1. The van der Waals surface area contributed by atoms with Crippen LogP contribution < -0.4 is 5.32 Å². The molecule has 0 aliphatic rings. The zero-order valence-corrected chi connectivity index (χ0v) is 13.7. The molecule has 4 nitrogen and oxygen atoms in total. The summed E-state index contributed by atoms with van der Waals surface area (Å²) < 4.78 is 7.53. The Bertz CT molecular complexity index is 982. The minimum atomic E-state index is -0.0631. The number of aromatic nitrogens is 1. The Morgan fingerprint density at radius 2 is 1.72 bits per heavy atom. The van der Waals surface area contributed by atoms with Gasteiger partial charge < -0.3 is 14.3 Å².